The van der Waals surface area contributed by atoms with Crippen LogP contribution >= 0.6 is 0 Å². The molecular formula is C18H25NO5. The molecule has 6 heteroatoms. The minimum absolute atomic E-state index is 0.151. The normalized spacial score (nSPS) is 17.3. The maximum Gasteiger partial charge on any atom is 0.338 e. The molecule has 0 aromatic heterocycles. The van der Waals surface area contributed by atoms with Crippen molar-refractivity contribution in [2.24, 2.45) is 0 Å². The molecule has 24 heavy (non-hydrogen) atoms. The van der Waals surface area contributed by atoms with E-state index in [1.54, 1.807) is 17.0 Å². The Labute approximate surface area is 142 Å². The highest BCUT2D eigenvalue weighted by molar-refractivity contribution is 5.92. The molecule has 1 heterocycles. The van der Waals surface area contributed by atoms with Crippen molar-refractivity contribution < 1.29 is 23.8 Å². The van der Waals surface area contributed by atoms with Gasteiger partial charge in [0.1, 0.15) is 11.5 Å². The first-order valence-electron chi connectivity index (χ1n) is 8.17. The van der Waals surface area contributed by atoms with Crippen LogP contribution in [-0.2, 0) is 9.53 Å². The molecule has 1 aromatic carbocycles. The second-order valence-corrected chi connectivity index (χ2v) is 6.01. The van der Waals surface area contributed by atoms with E-state index in [4.69, 9.17) is 14.2 Å². The van der Waals surface area contributed by atoms with Crippen molar-refractivity contribution in [1.29, 1.82) is 0 Å². The molecule has 6 nitrogen and oxygen atoms in total. The summed E-state index contributed by atoms with van der Waals surface area (Å²) in [5.74, 6) is 0.362. The van der Waals surface area contributed by atoms with Gasteiger partial charge in [-0.15, -0.1) is 0 Å². The third-order valence-electron chi connectivity index (χ3n) is 4.44. The molecule has 1 fully saturated rings. The molecule has 0 aliphatic carbocycles. The Balaban J connectivity index is 2.03. The zero-order chi connectivity index (χ0) is 17.7. The van der Waals surface area contributed by atoms with Gasteiger partial charge < -0.3 is 19.1 Å². The average Bonchev–Trinajstić information content (AvgIpc) is 2.59. The highest BCUT2D eigenvalue weighted by Gasteiger charge is 2.24. The van der Waals surface area contributed by atoms with Gasteiger partial charge in [0.05, 0.1) is 19.8 Å². The van der Waals surface area contributed by atoms with Gasteiger partial charge in [-0.05, 0) is 45.2 Å². The van der Waals surface area contributed by atoms with Crippen molar-refractivity contribution in [1.82, 2.24) is 4.90 Å². The Bertz CT molecular complexity index is 588. The number of methoxy groups -OCH3 is 2. The van der Waals surface area contributed by atoms with Crippen LogP contribution in [0, 0.1) is 6.92 Å². The summed E-state index contributed by atoms with van der Waals surface area (Å²) in [4.78, 5) is 26.3. The molecule has 0 N–H and O–H groups in total. The molecule has 132 valence electrons. The van der Waals surface area contributed by atoms with Crippen LogP contribution in [0.4, 0.5) is 0 Å². The minimum atomic E-state index is -0.565. The van der Waals surface area contributed by atoms with E-state index in [2.05, 4.69) is 0 Å². The predicted molar refractivity (Wildman–Crippen MR) is 89.6 cm³/mol. The van der Waals surface area contributed by atoms with E-state index in [1.165, 1.54) is 14.2 Å². The number of ether oxygens (including phenoxy) is 3. The van der Waals surface area contributed by atoms with E-state index in [0.717, 1.165) is 31.4 Å². The number of benzene rings is 1. The number of rotatable bonds is 5. The summed E-state index contributed by atoms with van der Waals surface area (Å²) in [6.07, 6.45) is 3.12. The SMILES string of the molecule is COc1cc(C(=O)OCC(=O)N2CCCC[C@@H]2C)cc(OC)c1C. The number of amides is 1. The Morgan fingerprint density at radius 2 is 1.79 bits per heavy atom. The summed E-state index contributed by atoms with van der Waals surface area (Å²) in [6, 6.07) is 3.38. The summed E-state index contributed by atoms with van der Waals surface area (Å²) >= 11 is 0. The van der Waals surface area contributed by atoms with Gasteiger partial charge in [0, 0.05) is 18.2 Å². The van der Waals surface area contributed by atoms with Crippen molar-refractivity contribution in [2.45, 2.75) is 39.2 Å². The highest BCUT2D eigenvalue weighted by atomic mass is 16.5. The molecule has 2 rings (SSSR count). The Kier molecular flexibility index (Phi) is 6.06. The third kappa shape index (κ3) is 3.99. The van der Waals surface area contributed by atoms with Crippen LogP contribution in [0.3, 0.4) is 0 Å². The van der Waals surface area contributed by atoms with Gasteiger partial charge in [0.15, 0.2) is 6.61 Å². The van der Waals surface area contributed by atoms with Crippen molar-refractivity contribution in [3.8, 4) is 11.5 Å². The number of esters is 1. The summed E-state index contributed by atoms with van der Waals surface area (Å²) in [6.45, 7) is 4.34. The molecule has 1 aromatic rings. The fourth-order valence-electron chi connectivity index (χ4n) is 2.97. The topological polar surface area (TPSA) is 65.1 Å². The first kappa shape index (κ1) is 18.1. The molecular weight excluding hydrogens is 310 g/mol. The monoisotopic (exact) mass is 335 g/mol. The van der Waals surface area contributed by atoms with Crippen LogP contribution in [0.25, 0.3) is 0 Å². The minimum Gasteiger partial charge on any atom is -0.496 e. The Morgan fingerprint density at radius 1 is 1.17 bits per heavy atom. The summed E-state index contributed by atoms with van der Waals surface area (Å²) in [5.41, 5.74) is 1.10. The Morgan fingerprint density at radius 3 is 2.33 bits per heavy atom. The number of carbonyl (C=O) groups is 2. The van der Waals surface area contributed by atoms with E-state index in [0.29, 0.717) is 17.1 Å². The van der Waals surface area contributed by atoms with Gasteiger partial charge in [-0.25, -0.2) is 4.79 Å². The lowest BCUT2D eigenvalue weighted by atomic mass is 10.0. The van der Waals surface area contributed by atoms with Crippen LogP contribution in [0.15, 0.2) is 12.1 Å². The number of hydrogen-bond donors (Lipinski definition) is 0. The standard InChI is InChI=1S/C18H25NO5/c1-12-7-5-6-8-19(12)17(20)11-24-18(21)14-9-15(22-3)13(2)16(10-14)23-4/h9-10,12H,5-8,11H2,1-4H3/t12-/m0/s1. The van der Waals surface area contributed by atoms with Gasteiger partial charge in [-0.1, -0.05) is 0 Å². The lowest BCUT2D eigenvalue weighted by Crippen LogP contribution is -2.44. The lowest BCUT2D eigenvalue weighted by Gasteiger charge is -2.33. The van der Waals surface area contributed by atoms with Crippen LogP contribution < -0.4 is 9.47 Å². The maximum absolute atomic E-state index is 12.3. The van der Waals surface area contributed by atoms with Crippen LogP contribution in [-0.4, -0.2) is 50.2 Å². The van der Waals surface area contributed by atoms with Gasteiger partial charge in [-0.3, -0.25) is 4.79 Å². The molecule has 0 spiro atoms. The second kappa shape index (κ2) is 8.04. The third-order valence-corrected chi connectivity index (χ3v) is 4.44. The molecule has 1 amide bonds. The zero-order valence-electron chi connectivity index (χ0n) is 14.8. The molecule has 0 unspecified atom stereocenters. The molecule has 1 aliphatic rings. The molecule has 0 radical (unpaired) electrons. The fourth-order valence-corrected chi connectivity index (χ4v) is 2.97. The number of nitrogens with zero attached hydrogens (tertiary/aromatic N) is 1. The summed E-state index contributed by atoms with van der Waals surface area (Å²) in [5, 5.41) is 0. The first-order valence-corrected chi connectivity index (χ1v) is 8.17. The number of hydrogen-bond acceptors (Lipinski definition) is 5. The van der Waals surface area contributed by atoms with E-state index in [-0.39, 0.29) is 18.6 Å². The molecule has 1 aliphatic heterocycles. The summed E-state index contributed by atoms with van der Waals surface area (Å²) < 4.78 is 15.7. The predicted octanol–water partition coefficient (Wildman–Crippen LogP) is 2.57. The number of carbonyl (C=O) groups excluding carboxylic acids is 2. The molecule has 1 saturated heterocycles. The quantitative estimate of drug-likeness (QED) is 0.774. The van der Waals surface area contributed by atoms with Crippen molar-refractivity contribution in [3.63, 3.8) is 0 Å². The van der Waals surface area contributed by atoms with Crippen LogP contribution in [0.1, 0.15) is 42.1 Å². The lowest BCUT2D eigenvalue weighted by molar-refractivity contribution is -0.137. The Hall–Kier alpha value is -2.24. The van der Waals surface area contributed by atoms with Crippen molar-refractivity contribution in [3.05, 3.63) is 23.3 Å². The smallest absolute Gasteiger partial charge is 0.338 e. The van der Waals surface area contributed by atoms with Gasteiger partial charge in [0.25, 0.3) is 5.91 Å². The first-order chi connectivity index (χ1) is 11.5. The van der Waals surface area contributed by atoms with Crippen molar-refractivity contribution >= 4 is 11.9 Å². The van der Waals surface area contributed by atoms with Crippen LogP contribution in [0.2, 0.25) is 0 Å². The van der Waals surface area contributed by atoms with E-state index < -0.39 is 5.97 Å². The van der Waals surface area contributed by atoms with E-state index in [9.17, 15) is 9.59 Å². The second-order valence-electron chi connectivity index (χ2n) is 6.01. The molecule has 0 saturated carbocycles. The number of piperidine rings is 1. The largest absolute Gasteiger partial charge is 0.496 e. The molecule has 0 bridgehead atoms. The van der Waals surface area contributed by atoms with Gasteiger partial charge in [-0.2, -0.15) is 0 Å². The van der Waals surface area contributed by atoms with Crippen molar-refractivity contribution in [2.75, 3.05) is 27.4 Å². The van der Waals surface area contributed by atoms with E-state index >= 15 is 0 Å². The van der Waals surface area contributed by atoms with Gasteiger partial charge >= 0.3 is 5.97 Å². The van der Waals surface area contributed by atoms with Crippen LogP contribution in [0.5, 0.6) is 11.5 Å². The van der Waals surface area contributed by atoms with Gasteiger partial charge in [0.2, 0.25) is 0 Å². The molecule has 1 atom stereocenters. The maximum atomic E-state index is 12.3. The average molecular weight is 335 g/mol. The van der Waals surface area contributed by atoms with E-state index in [1.807, 2.05) is 13.8 Å². The summed E-state index contributed by atoms with van der Waals surface area (Å²) in [7, 11) is 3.05. The number of likely N-dealkylation sites (tertiary alicyclic amines) is 1. The zero-order valence-corrected chi connectivity index (χ0v) is 14.8. The highest BCUT2D eigenvalue weighted by Crippen LogP contribution is 2.29. The fraction of sp³-hybridized carbons (Fsp3) is 0.556.